The summed E-state index contributed by atoms with van der Waals surface area (Å²) in [6.07, 6.45) is 1.63. The molecule has 1 heterocycles. The van der Waals surface area contributed by atoms with E-state index in [0.29, 0.717) is 12.1 Å². The lowest BCUT2D eigenvalue weighted by molar-refractivity contribution is 0.0796. The first-order chi connectivity index (χ1) is 10.0. The number of likely N-dealkylation sites (N-methyl/N-ethyl adjacent to an activating group) is 2. The molecule has 2 rings (SSSR count). The van der Waals surface area contributed by atoms with Crippen LogP contribution in [0, 0.1) is 6.92 Å². The van der Waals surface area contributed by atoms with Crippen LogP contribution >= 0.6 is 15.9 Å². The maximum Gasteiger partial charge on any atom is 0.257 e. The lowest BCUT2D eigenvalue weighted by Gasteiger charge is -2.16. The molecule has 1 aromatic carbocycles. The Morgan fingerprint density at radius 3 is 2.67 bits per heavy atom. The van der Waals surface area contributed by atoms with Gasteiger partial charge in [-0.05, 0) is 38.2 Å². The van der Waals surface area contributed by atoms with E-state index in [4.69, 9.17) is 0 Å². The molecule has 1 N–H and O–H groups in total. The second-order valence-electron chi connectivity index (χ2n) is 4.86. The summed E-state index contributed by atoms with van der Waals surface area (Å²) < 4.78 is 2.80. The third kappa shape index (κ3) is 3.51. The van der Waals surface area contributed by atoms with Gasteiger partial charge in [-0.25, -0.2) is 4.68 Å². The van der Waals surface area contributed by atoms with E-state index in [9.17, 15) is 4.79 Å². The van der Waals surface area contributed by atoms with Crippen molar-refractivity contribution < 1.29 is 4.79 Å². The minimum atomic E-state index is -0.00823. The first-order valence-corrected chi connectivity index (χ1v) is 7.54. The van der Waals surface area contributed by atoms with Crippen LogP contribution in [0.25, 0.3) is 5.69 Å². The smallest absolute Gasteiger partial charge is 0.257 e. The summed E-state index contributed by atoms with van der Waals surface area (Å²) in [7, 11) is 3.67. The van der Waals surface area contributed by atoms with Crippen molar-refractivity contribution in [3.8, 4) is 5.69 Å². The van der Waals surface area contributed by atoms with Crippen molar-refractivity contribution in [3.63, 3.8) is 0 Å². The lowest BCUT2D eigenvalue weighted by atomic mass is 10.2. The van der Waals surface area contributed by atoms with Crippen LogP contribution in [-0.2, 0) is 0 Å². The maximum atomic E-state index is 12.4. The van der Waals surface area contributed by atoms with Crippen molar-refractivity contribution in [2.75, 3.05) is 27.2 Å². The van der Waals surface area contributed by atoms with Gasteiger partial charge in [-0.1, -0.05) is 15.9 Å². The van der Waals surface area contributed by atoms with Crippen molar-refractivity contribution in [3.05, 3.63) is 46.2 Å². The van der Waals surface area contributed by atoms with Gasteiger partial charge >= 0.3 is 0 Å². The van der Waals surface area contributed by atoms with Gasteiger partial charge in [0.25, 0.3) is 5.91 Å². The van der Waals surface area contributed by atoms with E-state index in [-0.39, 0.29) is 5.91 Å². The third-order valence-electron chi connectivity index (χ3n) is 3.36. The molecule has 1 aromatic heterocycles. The molecule has 0 radical (unpaired) electrons. The highest BCUT2D eigenvalue weighted by Crippen LogP contribution is 2.18. The van der Waals surface area contributed by atoms with Crippen molar-refractivity contribution in [2.45, 2.75) is 6.92 Å². The average Bonchev–Trinajstić information content (AvgIpc) is 2.86. The van der Waals surface area contributed by atoms with E-state index < -0.39 is 0 Å². The van der Waals surface area contributed by atoms with Crippen LogP contribution in [0.2, 0.25) is 0 Å². The fourth-order valence-corrected chi connectivity index (χ4v) is 2.31. The number of rotatable bonds is 5. The Labute approximate surface area is 133 Å². The Balaban J connectivity index is 2.24. The van der Waals surface area contributed by atoms with Gasteiger partial charge in [0.15, 0.2) is 0 Å². The molecule has 6 heteroatoms. The molecule has 0 saturated carbocycles. The monoisotopic (exact) mass is 350 g/mol. The molecule has 0 unspecified atom stereocenters. The zero-order chi connectivity index (χ0) is 15.4. The van der Waals surface area contributed by atoms with Crippen LogP contribution in [0.4, 0.5) is 0 Å². The summed E-state index contributed by atoms with van der Waals surface area (Å²) in [5, 5.41) is 7.37. The van der Waals surface area contributed by atoms with Gasteiger partial charge in [0, 0.05) is 24.6 Å². The summed E-state index contributed by atoms with van der Waals surface area (Å²) in [4.78, 5) is 14.1. The predicted molar refractivity (Wildman–Crippen MR) is 86.9 cm³/mol. The fraction of sp³-hybridized carbons (Fsp3) is 0.333. The largest absolute Gasteiger partial charge is 0.340 e. The van der Waals surface area contributed by atoms with E-state index >= 15 is 0 Å². The number of hydrogen-bond donors (Lipinski definition) is 1. The number of amides is 1. The summed E-state index contributed by atoms with van der Waals surface area (Å²) in [6, 6.07) is 7.83. The Bertz CT molecular complexity index is 621. The van der Waals surface area contributed by atoms with Crippen LogP contribution in [-0.4, -0.2) is 47.8 Å². The Kier molecular flexibility index (Phi) is 5.14. The number of nitrogens with zero attached hydrogens (tertiary/aromatic N) is 3. The molecule has 0 spiro atoms. The standard InChI is InChI=1S/C15H19BrN4O/c1-11-14(15(21)19(3)9-8-17-2)10-18-20(11)13-6-4-12(16)5-7-13/h4-7,10,17H,8-9H2,1-3H3. The molecule has 112 valence electrons. The molecule has 0 atom stereocenters. The number of benzene rings is 1. The first-order valence-electron chi connectivity index (χ1n) is 6.75. The van der Waals surface area contributed by atoms with Gasteiger partial charge in [-0.2, -0.15) is 5.10 Å². The highest BCUT2D eigenvalue weighted by atomic mass is 79.9. The molecule has 1 amide bonds. The summed E-state index contributed by atoms with van der Waals surface area (Å²) in [5.74, 6) is -0.00823. The molecule has 21 heavy (non-hydrogen) atoms. The van der Waals surface area contributed by atoms with Gasteiger partial charge in [-0.15, -0.1) is 0 Å². The van der Waals surface area contributed by atoms with Crippen molar-refractivity contribution in [1.82, 2.24) is 20.0 Å². The Morgan fingerprint density at radius 1 is 1.38 bits per heavy atom. The fourth-order valence-electron chi connectivity index (χ4n) is 2.05. The minimum absolute atomic E-state index is 0.00823. The molecule has 0 aliphatic carbocycles. The predicted octanol–water partition coefficient (Wildman–Crippen LogP) is 2.23. The minimum Gasteiger partial charge on any atom is -0.340 e. The van der Waals surface area contributed by atoms with Crippen molar-refractivity contribution in [1.29, 1.82) is 0 Å². The van der Waals surface area contributed by atoms with Gasteiger partial charge in [-0.3, -0.25) is 4.79 Å². The number of nitrogens with one attached hydrogen (secondary N) is 1. The third-order valence-corrected chi connectivity index (χ3v) is 3.88. The SMILES string of the molecule is CNCCN(C)C(=O)c1cnn(-c2ccc(Br)cc2)c1C. The Morgan fingerprint density at radius 2 is 2.05 bits per heavy atom. The highest BCUT2D eigenvalue weighted by molar-refractivity contribution is 9.10. The van der Waals surface area contributed by atoms with E-state index in [2.05, 4.69) is 26.3 Å². The second-order valence-corrected chi connectivity index (χ2v) is 5.78. The zero-order valence-corrected chi connectivity index (χ0v) is 14.0. The van der Waals surface area contributed by atoms with Crippen LogP contribution in [0.15, 0.2) is 34.9 Å². The first kappa shape index (κ1) is 15.7. The molecule has 0 fully saturated rings. The summed E-state index contributed by atoms with van der Waals surface area (Å²) >= 11 is 3.41. The summed E-state index contributed by atoms with van der Waals surface area (Å²) in [6.45, 7) is 3.34. The van der Waals surface area contributed by atoms with E-state index in [1.807, 2.05) is 38.2 Å². The molecule has 0 aliphatic heterocycles. The molecule has 0 bridgehead atoms. The zero-order valence-electron chi connectivity index (χ0n) is 12.4. The van der Waals surface area contributed by atoms with Gasteiger partial charge in [0.2, 0.25) is 0 Å². The van der Waals surface area contributed by atoms with Crippen LogP contribution in [0.3, 0.4) is 0 Å². The van der Waals surface area contributed by atoms with Crippen LogP contribution in [0.1, 0.15) is 16.1 Å². The number of hydrogen-bond acceptors (Lipinski definition) is 3. The van der Waals surface area contributed by atoms with Crippen molar-refractivity contribution >= 4 is 21.8 Å². The van der Waals surface area contributed by atoms with Crippen LogP contribution < -0.4 is 5.32 Å². The molecule has 0 aliphatic rings. The molecule has 2 aromatic rings. The van der Waals surface area contributed by atoms with Gasteiger partial charge in [0.05, 0.1) is 23.1 Å². The molecule has 0 saturated heterocycles. The van der Waals surface area contributed by atoms with E-state index in [0.717, 1.165) is 22.4 Å². The molecular formula is C15H19BrN4O. The van der Waals surface area contributed by atoms with E-state index in [1.54, 1.807) is 22.8 Å². The lowest BCUT2D eigenvalue weighted by Crippen LogP contribution is -2.33. The quantitative estimate of drug-likeness (QED) is 0.899. The van der Waals surface area contributed by atoms with Gasteiger partial charge in [0.1, 0.15) is 0 Å². The Hall–Kier alpha value is -1.66. The number of halogens is 1. The number of carbonyl (C=O) groups is 1. The van der Waals surface area contributed by atoms with Crippen molar-refractivity contribution in [2.24, 2.45) is 0 Å². The second kappa shape index (κ2) is 6.87. The normalized spacial score (nSPS) is 10.7. The number of carbonyl (C=O) groups excluding carboxylic acids is 1. The van der Waals surface area contributed by atoms with E-state index in [1.165, 1.54) is 0 Å². The number of aromatic nitrogens is 2. The highest BCUT2D eigenvalue weighted by Gasteiger charge is 2.18. The summed E-state index contributed by atoms with van der Waals surface area (Å²) in [5.41, 5.74) is 2.42. The topological polar surface area (TPSA) is 50.2 Å². The van der Waals surface area contributed by atoms with Crippen LogP contribution in [0.5, 0.6) is 0 Å². The maximum absolute atomic E-state index is 12.4. The molecule has 5 nitrogen and oxygen atoms in total. The average molecular weight is 351 g/mol. The molecular weight excluding hydrogens is 332 g/mol. The van der Waals surface area contributed by atoms with Gasteiger partial charge < -0.3 is 10.2 Å².